The molecule has 1 aliphatic heterocycles. The number of carbonyl (C=O) groups is 4. The summed E-state index contributed by atoms with van der Waals surface area (Å²) in [5.74, 6) is -2.12. The molecule has 1 saturated heterocycles. The van der Waals surface area contributed by atoms with E-state index >= 15 is 0 Å². The summed E-state index contributed by atoms with van der Waals surface area (Å²) < 4.78 is 4.98. The van der Waals surface area contributed by atoms with Crippen LogP contribution in [0.4, 0.5) is 5.69 Å². The van der Waals surface area contributed by atoms with Crippen LogP contribution in [0, 0.1) is 25.7 Å². The lowest BCUT2D eigenvalue weighted by Gasteiger charge is -2.14. The van der Waals surface area contributed by atoms with Crippen molar-refractivity contribution in [3.63, 3.8) is 0 Å². The van der Waals surface area contributed by atoms with Gasteiger partial charge in [0.1, 0.15) is 0 Å². The largest absolute Gasteiger partial charge is 0.456 e. The fourth-order valence-corrected chi connectivity index (χ4v) is 3.57. The topological polar surface area (TPSA) is 92.8 Å². The average Bonchev–Trinajstić information content (AvgIpc) is 2.92. The van der Waals surface area contributed by atoms with Crippen molar-refractivity contribution in [2.75, 3.05) is 18.5 Å². The number of nitrogens with one attached hydrogen (secondary N) is 1. The summed E-state index contributed by atoms with van der Waals surface area (Å²) in [6, 6.07) is 5.68. The van der Waals surface area contributed by atoms with Crippen LogP contribution in [0.5, 0.6) is 0 Å². The molecule has 1 aliphatic carbocycles. The van der Waals surface area contributed by atoms with Crippen molar-refractivity contribution in [1.29, 1.82) is 0 Å². The van der Waals surface area contributed by atoms with Gasteiger partial charge < -0.3 is 10.1 Å². The van der Waals surface area contributed by atoms with Crippen LogP contribution >= 0.6 is 0 Å². The Balaban J connectivity index is 1.45. The summed E-state index contributed by atoms with van der Waals surface area (Å²) >= 11 is 0. The predicted octanol–water partition coefficient (Wildman–Crippen LogP) is 2.13. The van der Waals surface area contributed by atoms with E-state index in [1.165, 1.54) is 0 Å². The zero-order valence-electron chi connectivity index (χ0n) is 16.1. The number of allylic oxidation sites excluding steroid dienone is 2. The number of benzene rings is 1. The van der Waals surface area contributed by atoms with Gasteiger partial charge in [0.25, 0.3) is 5.91 Å². The van der Waals surface area contributed by atoms with Crippen molar-refractivity contribution >= 4 is 29.4 Å². The first-order valence-electron chi connectivity index (χ1n) is 9.39. The maximum Gasteiger partial charge on any atom is 0.308 e. The van der Waals surface area contributed by atoms with E-state index in [1.54, 1.807) is 0 Å². The highest BCUT2D eigenvalue weighted by Gasteiger charge is 2.46. The Morgan fingerprint density at radius 3 is 2.39 bits per heavy atom. The number of imide groups is 1. The van der Waals surface area contributed by atoms with E-state index in [0.29, 0.717) is 18.5 Å². The summed E-state index contributed by atoms with van der Waals surface area (Å²) in [5, 5.41) is 2.71. The van der Waals surface area contributed by atoms with Crippen LogP contribution in [0.25, 0.3) is 0 Å². The lowest BCUT2D eigenvalue weighted by atomic mass is 9.85. The third-order valence-electron chi connectivity index (χ3n) is 5.17. The molecule has 2 aliphatic rings. The van der Waals surface area contributed by atoms with E-state index in [-0.39, 0.29) is 36.6 Å². The minimum Gasteiger partial charge on any atom is -0.456 e. The summed E-state index contributed by atoms with van der Waals surface area (Å²) in [6.07, 6.45) is 4.84. The van der Waals surface area contributed by atoms with Crippen LogP contribution in [-0.4, -0.2) is 41.7 Å². The van der Waals surface area contributed by atoms with Gasteiger partial charge in [-0.25, -0.2) is 0 Å². The number of ether oxygens (including phenoxy) is 1. The number of esters is 1. The van der Waals surface area contributed by atoms with Crippen LogP contribution in [0.1, 0.15) is 30.4 Å². The number of hydrogen-bond acceptors (Lipinski definition) is 5. The van der Waals surface area contributed by atoms with Crippen LogP contribution in [0.15, 0.2) is 30.4 Å². The molecule has 1 heterocycles. The van der Waals surface area contributed by atoms with E-state index in [0.717, 1.165) is 16.0 Å². The van der Waals surface area contributed by atoms with Gasteiger partial charge >= 0.3 is 5.97 Å². The van der Waals surface area contributed by atoms with E-state index in [2.05, 4.69) is 5.32 Å². The van der Waals surface area contributed by atoms with Crippen LogP contribution in [-0.2, 0) is 23.9 Å². The highest BCUT2D eigenvalue weighted by atomic mass is 16.5. The third-order valence-corrected chi connectivity index (χ3v) is 5.17. The molecule has 2 atom stereocenters. The second-order valence-electron chi connectivity index (χ2n) is 7.26. The second-order valence-corrected chi connectivity index (χ2v) is 7.26. The maximum absolute atomic E-state index is 12.3. The molecule has 0 radical (unpaired) electrons. The van der Waals surface area contributed by atoms with Crippen molar-refractivity contribution in [3.8, 4) is 0 Å². The number of anilines is 1. The number of amides is 3. The number of carbonyl (C=O) groups excluding carboxylic acids is 4. The first kappa shape index (κ1) is 19.8. The lowest BCUT2D eigenvalue weighted by Crippen LogP contribution is -2.33. The molecule has 7 heteroatoms. The summed E-state index contributed by atoms with van der Waals surface area (Å²) in [7, 11) is 0. The number of likely N-dealkylation sites (tertiary alicyclic amines) is 1. The molecular formula is C21H24N2O5. The Morgan fingerprint density at radius 1 is 1.11 bits per heavy atom. The minimum absolute atomic E-state index is 0.0118. The molecule has 1 aromatic rings. The molecule has 1 fully saturated rings. The third kappa shape index (κ3) is 4.30. The molecule has 0 saturated carbocycles. The monoisotopic (exact) mass is 384 g/mol. The Labute approximate surface area is 163 Å². The molecule has 0 bridgehead atoms. The summed E-state index contributed by atoms with van der Waals surface area (Å²) in [4.78, 5) is 49.8. The number of rotatable bonds is 6. The van der Waals surface area contributed by atoms with Gasteiger partial charge in [-0.2, -0.15) is 0 Å². The molecule has 28 heavy (non-hydrogen) atoms. The van der Waals surface area contributed by atoms with Crippen LogP contribution < -0.4 is 5.32 Å². The van der Waals surface area contributed by atoms with E-state index in [9.17, 15) is 19.2 Å². The molecule has 0 spiro atoms. The minimum atomic E-state index is -0.621. The van der Waals surface area contributed by atoms with Gasteiger partial charge in [-0.05, 0) is 43.9 Å². The quantitative estimate of drug-likeness (QED) is 0.461. The van der Waals surface area contributed by atoms with Gasteiger partial charge in [-0.15, -0.1) is 0 Å². The van der Waals surface area contributed by atoms with E-state index in [1.807, 2.05) is 44.2 Å². The van der Waals surface area contributed by atoms with Crippen molar-refractivity contribution in [1.82, 2.24) is 4.90 Å². The molecule has 0 aromatic heterocycles. The molecular weight excluding hydrogens is 360 g/mol. The smallest absolute Gasteiger partial charge is 0.308 e. The van der Waals surface area contributed by atoms with Gasteiger partial charge in [-0.1, -0.05) is 24.3 Å². The average molecular weight is 384 g/mol. The van der Waals surface area contributed by atoms with Gasteiger partial charge in [-0.3, -0.25) is 24.1 Å². The van der Waals surface area contributed by atoms with Crippen molar-refractivity contribution in [2.45, 2.75) is 33.1 Å². The Morgan fingerprint density at radius 2 is 1.75 bits per heavy atom. The molecule has 3 amide bonds. The Hall–Kier alpha value is -2.96. The Kier molecular flexibility index (Phi) is 5.92. The lowest BCUT2D eigenvalue weighted by molar-refractivity contribution is -0.148. The van der Waals surface area contributed by atoms with Crippen LogP contribution in [0.2, 0.25) is 0 Å². The standard InChI is InChI=1S/C21H24N2O5/c1-13-7-8-14(2)17(11-13)22-18(24)12-28-19(25)9-10-23-20(26)15-5-3-4-6-16(15)21(23)27/h3-4,7-8,11,15-16H,5-6,9-10,12H2,1-2H3,(H,22,24)/t15-,16-/m1/s1. The molecule has 1 aromatic carbocycles. The maximum atomic E-state index is 12.3. The first-order chi connectivity index (χ1) is 13.4. The van der Waals surface area contributed by atoms with Gasteiger partial charge in [0.15, 0.2) is 6.61 Å². The second kappa shape index (κ2) is 8.37. The van der Waals surface area contributed by atoms with Crippen LogP contribution in [0.3, 0.4) is 0 Å². The summed E-state index contributed by atoms with van der Waals surface area (Å²) in [5.41, 5.74) is 2.59. The number of nitrogens with zero attached hydrogens (tertiary/aromatic N) is 1. The molecule has 3 rings (SSSR count). The number of fused-ring (bicyclic) bond motifs is 1. The Bertz CT molecular complexity index is 819. The normalized spacial score (nSPS) is 20.9. The number of aryl methyl sites for hydroxylation is 2. The van der Waals surface area contributed by atoms with E-state index < -0.39 is 18.5 Å². The zero-order chi connectivity index (χ0) is 20.3. The first-order valence-corrected chi connectivity index (χ1v) is 9.39. The summed E-state index contributed by atoms with van der Waals surface area (Å²) in [6.45, 7) is 3.37. The van der Waals surface area contributed by atoms with Gasteiger partial charge in [0.05, 0.1) is 18.3 Å². The fraction of sp³-hybridized carbons (Fsp3) is 0.429. The molecule has 0 unspecified atom stereocenters. The molecule has 148 valence electrons. The molecule has 1 N–H and O–H groups in total. The fourth-order valence-electron chi connectivity index (χ4n) is 3.57. The van der Waals surface area contributed by atoms with Crippen molar-refractivity contribution in [2.24, 2.45) is 11.8 Å². The highest BCUT2D eigenvalue weighted by molar-refractivity contribution is 6.05. The number of hydrogen-bond donors (Lipinski definition) is 1. The van der Waals surface area contributed by atoms with E-state index in [4.69, 9.17) is 4.74 Å². The predicted molar refractivity (Wildman–Crippen MR) is 102 cm³/mol. The SMILES string of the molecule is Cc1ccc(C)c(NC(=O)COC(=O)CCN2C(=O)[C@@H]3CC=CC[C@H]3C2=O)c1. The highest BCUT2D eigenvalue weighted by Crippen LogP contribution is 2.35. The van der Waals surface area contributed by atoms with Crippen molar-refractivity contribution in [3.05, 3.63) is 41.5 Å². The van der Waals surface area contributed by atoms with Crippen molar-refractivity contribution < 1.29 is 23.9 Å². The zero-order valence-corrected chi connectivity index (χ0v) is 16.1. The van der Waals surface area contributed by atoms with Gasteiger partial charge in [0, 0.05) is 12.2 Å². The van der Waals surface area contributed by atoms with Gasteiger partial charge in [0.2, 0.25) is 11.8 Å². The molecule has 7 nitrogen and oxygen atoms in total.